The van der Waals surface area contributed by atoms with Crippen LogP contribution in [0.3, 0.4) is 0 Å². The average Bonchev–Trinajstić information content (AvgIpc) is 3.12. The van der Waals surface area contributed by atoms with Crippen molar-refractivity contribution in [1.29, 1.82) is 0 Å². The number of aryl methyl sites for hydroxylation is 1. The smallest absolute Gasteiger partial charge is 0.415 e. The van der Waals surface area contributed by atoms with Crippen molar-refractivity contribution < 1.29 is 30.8 Å². The van der Waals surface area contributed by atoms with Gasteiger partial charge in [-0.2, -0.15) is 31.4 Å². The molecule has 0 aliphatic rings. The van der Waals surface area contributed by atoms with E-state index >= 15 is 0 Å². The van der Waals surface area contributed by atoms with Gasteiger partial charge < -0.3 is 4.42 Å². The van der Waals surface area contributed by atoms with E-state index in [0.29, 0.717) is 10.7 Å². The van der Waals surface area contributed by atoms with Gasteiger partial charge in [-0.1, -0.05) is 6.07 Å². The lowest BCUT2D eigenvalue weighted by atomic mass is 10.1. The van der Waals surface area contributed by atoms with Crippen LogP contribution in [-0.4, -0.2) is 20.0 Å². The summed E-state index contributed by atoms with van der Waals surface area (Å²) in [4.78, 5) is 0. The molecule has 0 spiro atoms. The predicted octanol–water partition coefficient (Wildman–Crippen LogP) is 4.17. The molecule has 132 valence electrons. The van der Waals surface area contributed by atoms with Crippen molar-refractivity contribution >= 4 is 0 Å². The number of halogens is 6. The van der Waals surface area contributed by atoms with Crippen molar-refractivity contribution in [3.63, 3.8) is 0 Å². The van der Waals surface area contributed by atoms with Gasteiger partial charge in [0.15, 0.2) is 0 Å². The highest BCUT2D eigenvalue weighted by Gasteiger charge is 2.36. The van der Waals surface area contributed by atoms with Crippen LogP contribution >= 0.6 is 0 Å². The Morgan fingerprint density at radius 2 is 1.60 bits per heavy atom. The average molecular weight is 362 g/mol. The van der Waals surface area contributed by atoms with Crippen LogP contribution in [0.4, 0.5) is 26.3 Å². The molecule has 0 saturated carbocycles. The number of hydrogen-bond donors (Lipinski definition) is 0. The van der Waals surface area contributed by atoms with Gasteiger partial charge in [-0.05, 0) is 18.2 Å². The second-order valence-electron chi connectivity index (χ2n) is 5.03. The predicted molar refractivity (Wildman–Crippen MR) is 71.9 cm³/mol. The standard InChI is InChI=1S/C14H8F6N4O/c1-24-10(14(18,19)20)6-9(23-24)12-22-21-11(25-12)7-3-2-4-8(5-7)13(15,16)17/h2-6H,1H3. The molecule has 3 rings (SSSR count). The Labute approximate surface area is 135 Å². The maximum atomic E-state index is 12.8. The molecule has 25 heavy (non-hydrogen) atoms. The van der Waals surface area contributed by atoms with Crippen molar-refractivity contribution in [1.82, 2.24) is 20.0 Å². The molecule has 11 heteroatoms. The molecule has 0 radical (unpaired) electrons. The van der Waals surface area contributed by atoms with Gasteiger partial charge >= 0.3 is 12.4 Å². The van der Waals surface area contributed by atoms with E-state index in [1.54, 1.807) is 0 Å². The van der Waals surface area contributed by atoms with Crippen LogP contribution in [0.25, 0.3) is 23.0 Å². The molecule has 2 aromatic heterocycles. The molecule has 0 saturated heterocycles. The largest absolute Gasteiger partial charge is 0.433 e. The summed E-state index contributed by atoms with van der Waals surface area (Å²) in [6, 6.07) is 4.85. The fourth-order valence-electron chi connectivity index (χ4n) is 2.11. The fraction of sp³-hybridized carbons (Fsp3) is 0.214. The zero-order valence-corrected chi connectivity index (χ0v) is 12.4. The highest BCUT2D eigenvalue weighted by Crippen LogP contribution is 2.34. The van der Waals surface area contributed by atoms with Gasteiger partial charge in [0.25, 0.3) is 5.89 Å². The topological polar surface area (TPSA) is 56.7 Å². The molecule has 0 aliphatic carbocycles. The first-order valence-electron chi connectivity index (χ1n) is 6.68. The molecule has 5 nitrogen and oxygen atoms in total. The van der Waals surface area contributed by atoms with Gasteiger partial charge in [0.05, 0.1) is 5.56 Å². The lowest BCUT2D eigenvalue weighted by Gasteiger charge is -2.06. The van der Waals surface area contributed by atoms with Gasteiger partial charge in [-0.25, -0.2) is 0 Å². The summed E-state index contributed by atoms with van der Waals surface area (Å²) in [7, 11) is 1.09. The molecular formula is C14H8F6N4O. The minimum Gasteiger partial charge on any atom is -0.415 e. The first kappa shape index (κ1) is 17.0. The van der Waals surface area contributed by atoms with Crippen LogP contribution in [0.5, 0.6) is 0 Å². The number of alkyl halides is 6. The van der Waals surface area contributed by atoms with Crippen molar-refractivity contribution in [2.75, 3.05) is 0 Å². The quantitative estimate of drug-likeness (QED) is 0.642. The summed E-state index contributed by atoms with van der Waals surface area (Å²) in [6.45, 7) is 0. The monoisotopic (exact) mass is 362 g/mol. The van der Waals surface area contributed by atoms with Crippen molar-refractivity contribution in [2.45, 2.75) is 12.4 Å². The molecule has 0 amide bonds. The van der Waals surface area contributed by atoms with E-state index < -0.39 is 23.6 Å². The molecule has 0 N–H and O–H groups in total. The van der Waals surface area contributed by atoms with Crippen molar-refractivity contribution in [3.05, 3.63) is 41.6 Å². The summed E-state index contributed by atoms with van der Waals surface area (Å²) in [6.07, 6.45) is -9.18. The Hall–Kier alpha value is -2.85. The maximum Gasteiger partial charge on any atom is 0.433 e. The molecule has 3 aromatic rings. The molecule has 1 aromatic carbocycles. The molecular weight excluding hydrogens is 354 g/mol. The van der Waals surface area contributed by atoms with Crippen molar-refractivity contribution in [3.8, 4) is 23.0 Å². The minimum absolute atomic E-state index is 0.0134. The third-order valence-electron chi connectivity index (χ3n) is 3.25. The Bertz CT molecular complexity index is 909. The van der Waals surface area contributed by atoms with Gasteiger partial charge in [-0.3, -0.25) is 4.68 Å². The van der Waals surface area contributed by atoms with E-state index in [4.69, 9.17) is 4.42 Å². The lowest BCUT2D eigenvalue weighted by Crippen LogP contribution is -2.11. The number of aromatic nitrogens is 4. The zero-order chi connectivity index (χ0) is 18.4. The third kappa shape index (κ3) is 3.35. The van der Waals surface area contributed by atoms with Gasteiger partial charge in [0, 0.05) is 18.7 Å². The normalized spacial score (nSPS) is 12.6. The summed E-state index contributed by atoms with van der Waals surface area (Å²) in [5.74, 6) is -0.598. The molecule has 2 heterocycles. The Morgan fingerprint density at radius 1 is 0.920 bits per heavy atom. The van der Waals surface area contributed by atoms with Crippen LogP contribution < -0.4 is 0 Å². The first-order valence-corrected chi connectivity index (χ1v) is 6.68. The maximum absolute atomic E-state index is 12.8. The Balaban J connectivity index is 1.96. The lowest BCUT2D eigenvalue weighted by molar-refractivity contribution is -0.143. The van der Waals surface area contributed by atoms with Crippen LogP contribution in [0, 0.1) is 0 Å². The highest BCUT2D eigenvalue weighted by atomic mass is 19.4. The van der Waals surface area contributed by atoms with Crippen LogP contribution in [0.15, 0.2) is 34.7 Å². The van der Waals surface area contributed by atoms with Crippen molar-refractivity contribution in [2.24, 2.45) is 7.05 Å². The number of benzene rings is 1. The van der Waals surface area contributed by atoms with E-state index in [9.17, 15) is 26.3 Å². The van der Waals surface area contributed by atoms with E-state index in [2.05, 4.69) is 15.3 Å². The van der Waals surface area contributed by atoms with Crippen LogP contribution in [0.2, 0.25) is 0 Å². The van der Waals surface area contributed by atoms with Gasteiger partial charge in [0.2, 0.25) is 5.89 Å². The molecule has 0 aliphatic heterocycles. The SMILES string of the molecule is Cn1nc(-c2nnc(-c3cccc(C(F)(F)F)c3)o2)cc1C(F)(F)F. The zero-order valence-electron chi connectivity index (χ0n) is 12.4. The number of nitrogens with zero attached hydrogens (tertiary/aromatic N) is 4. The minimum atomic E-state index is -4.62. The number of rotatable bonds is 2. The summed E-state index contributed by atoms with van der Waals surface area (Å²) >= 11 is 0. The summed E-state index contributed by atoms with van der Waals surface area (Å²) in [5, 5.41) is 10.8. The third-order valence-corrected chi connectivity index (χ3v) is 3.25. The second-order valence-corrected chi connectivity index (χ2v) is 5.03. The van der Waals surface area contributed by atoms with E-state index in [1.807, 2.05) is 0 Å². The summed E-state index contributed by atoms with van der Waals surface area (Å²) in [5.41, 5.74) is -2.19. The van der Waals surface area contributed by atoms with E-state index in [-0.39, 0.29) is 23.0 Å². The summed E-state index contributed by atoms with van der Waals surface area (Å²) < 4.78 is 82.3. The molecule has 0 fully saturated rings. The Morgan fingerprint density at radius 3 is 2.20 bits per heavy atom. The Kier molecular flexibility index (Phi) is 3.81. The first-order chi connectivity index (χ1) is 11.6. The highest BCUT2D eigenvalue weighted by molar-refractivity contribution is 5.57. The molecule has 0 atom stereocenters. The second kappa shape index (κ2) is 5.60. The van der Waals surface area contributed by atoms with E-state index in [1.165, 1.54) is 6.07 Å². The van der Waals surface area contributed by atoms with E-state index in [0.717, 1.165) is 25.2 Å². The van der Waals surface area contributed by atoms with Gasteiger partial charge in [-0.15, -0.1) is 10.2 Å². The van der Waals surface area contributed by atoms with Crippen LogP contribution in [0.1, 0.15) is 11.3 Å². The molecule has 0 unspecified atom stereocenters. The fourth-order valence-corrected chi connectivity index (χ4v) is 2.11. The number of hydrogen-bond acceptors (Lipinski definition) is 4. The van der Waals surface area contributed by atoms with Gasteiger partial charge in [0.1, 0.15) is 11.4 Å². The molecule has 0 bridgehead atoms. The van der Waals surface area contributed by atoms with Crippen LogP contribution in [-0.2, 0) is 19.4 Å².